The van der Waals surface area contributed by atoms with Crippen molar-refractivity contribution in [3.05, 3.63) is 17.7 Å². The number of rotatable bonds is 5. The molecule has 7 heteroatoms. The van der Waals surface area contributed by atoms with E-state index in [9.17, 15) is 4.79 Å². The summed E-state index contributed by atoms with van der Waals surface area (Å²) in [6.07, 6.45) is 2.72. The van der Waals surface area contributed by atoms with Crippen molar-refractivity contribution >= 4 is 23.4 Å². The van der Waals surface area contributed by atoms with E-state index in [0.717, 1.165) is 12.2 Å². The van der Waals surface area contributed by atoms with E-state index in [1.54, 1.807) is 6.20 Å². The van der Waals surface area contributed by atoms with E-state index in [2.05, 4.69) is 20.7 Å². The van der Waals surface area contributed by atoms with Crippen LogP contribution in [0.1, 0.15) is 42.5 Å². The number of anilines is 1. The largest absolute Gasteiger partial charge is 0.350 e. The average Bonchev–Trinajstić information content (AvgIpc) is 2.97. The molecule has 4 N–H and O–H groups in total. The van der Waals surface area contributed by atoms with Crippen LogP contribution >= 0.6 is 11.8 Å². The van der Waals surface area contributed by atoms with Crippen LogP contribution < -0.4 is 16.6 Å². The summed E-state index contributed by atoms with van der Waals surface area (Å²) < 4.78 is 0. The van der Waals surface area contributed by atoms with Crippen LogP contribution in [0.3, 0.4) is 0 Å². The highest BCUT2D eigenvalue weighted by molar-refractivity contribution is 7.99. The quantitative estimate of drug-likeness (QED) is 0.561. The molecule has 1 aliphatic heterocycles. The zero-order valence-corrected chi connectivity index (χ0v) is 12.7. The predicted molar refractivity (Wildman–Crippen MR) is 81.7 cm³/mol. The van der Waals surface area contributed by atoms with Gasteiger partial charge in [-0.3, -0.25) is 10.6 Å². The van der Waals surface area contributed by atoms with Crippen molar-refractivity contribution in [2.45, 2.75) is 26.2 Å². The molecule has 0 saturated carbocycles. The summed E-state index contributed by atoms with van der Waals surface area (Å²) in [4.78, 5) is 20.8. The van der Waals surface area contributed by atoms with Gasteiger partial charge in [-0.05, 0) is 23.8 Å². The Bertz CT molecular complexity index is 474. The Balaban J connectivity index is 2.08. The van der Waals surface area contributed by atoms with E-state index in [1.807, 2.05) is 25.6 Å². The number of nitrogen functional groups attached to an aromatic ring is 1. The molecule has 6 nitrogen and oxygen atoms in total. The van der Waals surface area contributed by atoms with Crippen molar-refractivity contribution < 1.29 is 4.79 Å². The molecule has 0 spiro atoms. The second-order valence-corrected chi connectivity index (χ2v) is 6.38. The predicted octanol–water partition coefficient (Wildman–Crippen LogP) is 1.37. The van der Waals surface area contributed by atoms with Crippen molar-refractivity contribution in [1.82, 2.24) is 15.3 Å². The number of nitrogens with one attached hydrogen (secondary N) is 2. The molecule has 2 rings (SSSR count). The maximum Gasteiger partial charge on any atom is 0.272 e. The maximum atomic E-state index is 12.3. The highest BCUT2D eigenvalue weighted by atomic mass is 32.2. The summed E-state index contributed by atoms with van der Waals surface area (Å²) in [5.41, 5.74) is 3.25. The molecule has 0 aromatic carbocycles. The van der Waals surface area contributed by atoms with Crippen molar-refractivity contribution in [3.8, 4) is 0 Å². The Kier molecular flexibility index (Phi) is 5.19. The van der Waals surface area contributed by atoms with Crippen molar-refractivity contribution in [1.29, 1.82) is 0 Å². The zero-order chi connectivity index (χ0) is 14.5. The van der Waals surface area contributed by atoms with E-state index in [1.165, 1.54) is 5.75 Å². The molecule has 110 valence electrons. The smallest absolute Gasteiger partial charge is 0.272 e. The number of amides is 1. The Hall–Kier alpha value is -1.34. The van der Waals surface area contributed by atoms with Crippen molar-refractivity contribution in [3.63, 3.8) is 0 Å². The lowest BCUT2D eigenvalue weighted by molar-refractivity contribution is 0.0944. The Morgan fingerprint density at radius 3 is 3.00 bits per heavy atom. The highest BCUT2D eigenvalue weighted by Gasteiger charge is 2.19. The highest BCUT2D eigenvalue weighted by Crippen LogP contribution is 2.22. The van der Waals surface area contributed by atoms with Crippen LogP contribution in [-0.2, 0) is 0 Å². The minimum atomic E-state index is -0.195. The first-order chi connectivity index (χ1) is 9.61. The van der Waals surface area contributed by atoms with Gasteiger partial charge in [-0.15, -0.1) is 0 Å². The number of nitrogens with zero attached hydrogens (tertiary/aromatic N) is 2. The van der Waals surface area contributed by atoms with Gasteiger partial charge in [0, 0.05) is 12.5 Å². The maximum absolute atomic E-state index is 12.3. The van der Waals surface area contributed by atoms with Gasteiger partial charge in [0.2, 0.25) is 0 Å². The first-order valence-corrected chi connectivity index (χ1v) is 7.96. The summed E-state index contributed by atoms with van der Waals surface area (Å²) in [5, 5.41) is 2.94. The number of hydrogen-bond donors (Lipinski definition) is 3. The summed E-state index contributed by atoms with van der Waals surface area (Å²) >= 11 is 1.93. The first kappa shape index (κ1) is 15.1. The van der Waals surface area contributed by atoms with Crippen LogP contribution in [0.2, 0.25) is 0 Å². The number of thioether (sulfide) groups is 1. The molecule has 0 aliphatic carbocycles. The molecule has 20 heavy (non-hydrogen) atoms. The molecular weight excluding hydrogens is 274 g/mol. The third-order valence-electron chi connectivity index (χ3n) is 3.27. The van der Waals surface area contributed by atoms with Crippen molar-refractivity contribution in [2.24, 2.45) is 11.8 Å². The second-order valence-electron chi connectivity index (χ2n) is 5.23. The van der Waals surface area contributed by atoms with E-state index in [0.29, 0.717) is 29.7 Å². The molecule has 1 aromatic heterocycles. The summed E-state index contributed by atoms with van der Waals surface area (Å²) in [7, 11) is 0. The third-order valence-corrected chi connectivity index (χ3v) is 4.50. The molecule has 1 amide bonds. The fourth-order valence-electron chi connectivity index (χ4n) is 2.02. The van der Waals surface area contributed by atoms with Gasteiger partial charge in [-0.1, -0.05) is 13.8 Å². The molecule has 2 heterocycles. The monoisotopic (exact) mass is 295 g/mol. The van der Waals surface area contributed by atoms with Crippen LogP contribution in [0, 0.1) is 5.92 Å². The van der Waals surface area contributed by atoms with Gasteiger partial charge in [0.1, 0.15) is 5.82 Å². The molecule has 1 aromatic rings. The molecular formula is C13H21N5OS. The van der Waals surface area contributed by atoms with Gasteiger partial charge in [0.05, 0.1) is 11.9 Å². The Morgan fingerprint density at radius 1 is 1.60 bits per heavy atom. The molecule has 1 atom stereocenters. The molecule has 0 bridgehead atoms. The third kappa shape index (κ3) is 3.61. The van der Waals surface area contributed by atoms with E-state index < -0.39 is 0 Å². The fraction of sp³-hybridized carbons (Fsp3) is 0.615. The summed E-state index contributed by atoms with van der Waals surface area (Å²) in [5.74, 6) is 8.89. The van der Waals surface area contributed by atoms with E-state index in [-0.39, 0.29) is 11.8 Å². The lowest BCUT2D eigenvalue weighted by Gasteiger charge is -2.13. The zero-order valence-electron chi connectivity index (χ0n) is 11.8. The van der Waals surface area contributed by atoms with Gasteiger partial charge < -0.3 is 10.7 Å². The van der Waals surface area contributed by atoms with E-state index >= 15 is 0 Å². The van der Waals surface area contributed by atoms with Crippen LogP contribution in [0.25, 0.3) is 0 Å². The van der Waals surface area contributed by atoms with Gasteiger partial charge in [-0.2, -0.15) is 11.8 Å². The fourth-order valence-corrected chi connectivity index (χ4v) is 3.30. The van der Waals surface area contributed by atoms with Gasteiger partial charge in [0.25, 0.3) is 5.91 Å². The standard InChI is InChI=1S/C13H21N5OS/c1-8(2)12-15-6-10(18-14)11(17-12)13(19)16-5-9-3-4-20-7-9/h6,8-9,18H,3-5,7,14H2,1-2H3,(H,16,19). The first-order valence-electron chi connectivity index (χ1n) is 6.81. The number of nitrogens with two attached hydrogens (primary N) is 1. The number of carbonyl (C=O) groups is 1. The minimum absolute atomic E-state index is 0.166. The lowest BCUT2D eigenvalue weighted by atomic mass is 10.1. The SMILES string of the molecule is CC(C)c1ncc(NN)c(C(=O)NCC2CCSC2)n1. The Labute approximate surface area is 123 Å². The molecule has 1 fully saturated rings. The normalized spacial score (nSPS) is 18.3. The summed E-state index contributed by atoms with van der Waals surface area (Å²) in [6.45, 7) is 4.67. The van der Waals surface area contributed by atoms with Crippen molar-refractivity contribution in [2.75, 3.05) is 23.5 Å². The number of aromatic nitrogens is 2. The van der Waals surface area contributed by atoms with Crippen LogP contribution in [-0.4, -0.2) is 33.9 Å². The summed E-state index contributed by atoms with van der Waals surface area (Å²) in [6, 6.07) is 0. The lowest BCUT2D eigenvalue weighted by Crippen LogP contribution is -2.31. The number of hydrazine groups is 1. The Morgan fingerprint density at radius 2 is 2.40 bits per heavy atom. The second kappa shape index (κ2) is 6.90. The van der Waals surface area contributed by atoms with Crippen LogP contribution in [0.15, 0.2) is 6.20 Å². The molecule has 1 aliphatic rings. The van der Waals surface area contributed by atoms with E-state index in [4.69, 9.17) is 5.84 Å². The molecule has 1 saturated heterocycles. The minimum Gasteiger partial charge on any atom is -0.350 e. The van der Waals surface area contributed by atoms with Gasteiger partial charge in [-0.25, -0.2) is 9.97 Å². The number of hydrogen-bond acceptors (Lipinski definition) is 6. The number of carbonyl (C=O) groups excluding carboxylic acids is 1. The van der Waals surface area contributed by atoms with Crippen LogP contribution in [0.4, 0.5) is 5.69 Å². The van der Waals surface area contributed by atoms with Crippen LogP contribution in [0.5, 0.6) is 0 Å². The molecule has 1 unspecified atom stereocenters. The van der Waals surface area contributed by atoms with Gasteiger partial charge >= 0.3 is 0 Å². The molecule has 0 radical (unpaired) electrons. The van der Waals surface area contributed by atoms with Gasteiger partial charge in [0.15, 0.2) is 5.69 Å². The average molecular weight is 295 g/mol. The topological polar surface area (TPSA) is 92.9 Å².